The second-order valence-corrected chi connectivity index (χ2v) is 6.20. The van der Waals surface area contributed by atoms with Crippen LogP contribution in [0.4, 0.5) is 10.1 Å². The zero-order valence-electron chi connectivity index (χ0n) is 12.0. The first-order valence-electron chi connectivity index (χ1n) is 7.06. The summed E-state index contributed by atoms with van der Waals surface area (Å²) in [5.74, 6) is -0.435. The molecule has 1 N–H and O–H groups in total. The normalized spacial score (nSPS) is 21.6. The van der Waals surface area contributed by atoms with Crippen molar-refractivity contribution in [3.8, 4) is 0 Å². The van der Waals surface area contributed by atoms with Crippen LogP contribution in [0.5, 0.6) is 0 Å². The highest BCUT2D eigenvalue weighted by molar-refractivity contribution is 5.40. The molecule has 0 heterocycles. The van der Waals surface area contributed by atoms with Crippen LogP contribution < -0.4 is 5.32 Å². The Morgan fingerprint density at radius 1 is 1.45 bits per heavy atom. The highest BCUT2D eigenvalue weighted by Gasteiger charge is 2.32. The SMILES string of the molecule is CC1(C)CCCCC1NCc1cc(F)ccc1[N+](=O)[O-]. The van der Waals surface area contributed by atoms with Crippen LogP contribution in [0, 0.1) is 21.3 Å². The second-order valence-electron chi connectivity index (χ2n) is 6.20. The lowest BCUT2D eigenvalue weighted by atomic mass is 9.73. The van der Waals surface area contributed by atoms with Gasteiger partial charge >= 0.3 is 0 Å². The van der Waals surface area contributed by atoms with E-state index < -0.39 is 10.7 Å². The van der Waals surface area contributed by atoms with Gasteiger partial charge in [0, 0.05) is 24.2 Å². The van der Waals surface area contributed by atoms with Gasteiger partial charge in [-0.05, 0) is 30.4 Å². The molecule has 1 aromatic rings. The van der Waals surface area contributed by atoms with Crippen LogP contribution in [-0.2, 0) is 6.54 Å². The van der Waals surface area contributed by atoms with E-state index in [1.807, 2.05) is 0 Å². The fourth-order valence-corrected chi connectivity index (χ4v) is 2.98. The summed E-state index contributed by atoms with van der Waals surface area (Å²) in [7, 11) is 0. The first-order valence-corrected chi connectivity index (χ1v) is 7.06. The van der Waals surface area contributed by atoms with Crippen LogP contribution in [0.3, 0.4) is 0 Å². The largest absolute Gasteiger partial charge is 0.309 e. The van der Waals surface area contributed by atoms with Gasteiger partial charge in [-0.3, -0.25) is 10.1 Å². The van der Waals surface area contributed by atoms with E-state index in [4.69, 9.17) is 0 Å². The lowest BCUT2D eigenvalue weighted by molar-refractivity contribution is -0.385. The van der Waals surface area contributed by atoms with Crippen molar-refractivity contribution in [3.63, 3.8) is 0 Å². The molecule has 1 aliphatic carbocycles. The van der Waals surface area contributed by atoms with Crippen LogP contribution in [0.15, 0.2) is 18.2 Å². The molecule has 0 amide bonds. The molecule has 1 saturated carbocycles. The number of halogens is 1. The van der Waals surface area contributed by atoms with Crippen LogP contribution in [-0.4, -0.2) is 11.0 Å². The van der Waals surface area contributed by atoms with E-state index in [2.05, 4.69) is 19.2 Å². The molecule has 1 aliphatic rings. The fourth-order valence-electron chi connectivity index (χ4n) is 2.98. The predicted octanol–water partition coefficient (Wildman–Crippen LogP) is 3.79. The maximum absolute atomic E-state index is 13.3. The van der Waals surface area contributed by atoms with Gasteiger partial charge in [-0.15, -0.1) is 0 Å². The van der Waals surface area contributed by atoms with Crippen molar-refractivity contribution in [2.45, 2.75) is 52.1 Å². The molecule has 1 fully saturated rings. The van der Waals surface area contributed by atoms with E-state index >= 15 is 0 Å². The monoisotopic (exact) mass is 280 g/mol. The third-order valence-corrected chi connectivity index (χ3v) is 4.28. The molecule has 0 radical (unpaired) electrons. The van der Waals surface area contributed by atoms with Crippen molar-refractivity contribution < 1.29 is 9.31 Å². The highest BCUT2D eigenvalue weighted by atomic mass is 19.1. The quantitative estimate of drug-likeness (QED) is 0.674. The summed E-state index contributed by atoms with van der Waals surface area (Å²) in [5.41, 5.74) is 0.573. The summed E-state index contributed by atoms with van der Waals surface area (Å²) in [5, 5.41) is 14.3. The lowest BCUT2D eigenvalue weighted by Gasteiger charge is -2.39. The van der Waals surface area contributed by atoms with Crippen molar-refractivity contribution in [2.75, 3.05) is 0 Å². The topological polar surface area (TPSA) is 55.2 Å². The van der Waals surface area contributed by atoms with Gasteiger partial charge in [-0.2, -0.15) is 0 Å². The third kappa shape index (κ3) is 3.33. The number of benzene rings is 1. The van der Waals surface area contributed by atoms with Gasteiger partial charge in [0.2, 0.25) is 0 Å². The van der Waals surface area contributed by atoms with Crippen molar-refractivity contribution in [2.24, 2.45) is 5.41 Å². The van der Waals surface area contributed by atoms with Gasteiger partial charge < -0.3 is 5.32 Å². The molecule has 0 saturated heterocycles. The molecular weight excluding hydrogens is 259 g/mol. The van der Waals surface area contributed by atoms with Crippen molar-refractivity contribution in [1.82, 2.24) is 5.32 Å². The van der Waals surface area contributed by atoms with Gasteiger partial charge in [0.15, 0.2) is 0 Å². The average Bonchev–Trinajstić information content (AvgIpc) is 2.36. The van der Waals surface area contributed by atoms with E-state index in [0.717, 1.165) is 18.9 Å². The second kappa shape index (κ2) is 5.87. The van der Waals surface area contributed by atoms with E-state index in [-0.39, 0.29) is 11.1 Å². The van der Waals surface area contributed by atoms with Gasteiger partial charge in [-0.25, -0.2) is 4.39 Å². The van der Waals surface area contributed by atoms with Crippen molar-refractivity contribution in [1.29, 1.82) is 0 Å². The lowest BCUT2D eigenvalue weighted by Crippen LogP contribution is -2.43. The Hall–Kier alpha value is -1.49. The first-order chi connectivity index (χ1) is 9.40. The van der Waals surface area contributed by atoms with E-state index in [9.17, 15) is 14.5 Å². The summed E-state index contributed by atoms with van der Waals surface area (Å²) in [6.45, 7) is 4.76. The smallest absolute Gasteiger partial charge is 0.274 e. The van der Waals surface area contributed by atoms with E-state index in [0.29, 0.717) is 18.2 Å². The Morgan fingerprint density at radius 3 is 2.85 bits per heavy atom. The number of nitro groups is 1. The van der Waals surface area contributed by atoms with Crippen LogP contribution >= 0.6 is 0 Å². The Morgan fingerprint density at radius 2 is 2.20 bits per heavy atom. The summed E-state index contributed by atoms with van der Waals surface area (Å²) in [4.78, 5) is 10.5. The molecule has 1 unspecified atom stereocenters. The molecule has 0 aromatic heterocycles. The summed E-state index contributed by atoms with van der Waals surface area (Å²) < 4.78 is 13.3. The minimum atomic E-state index is -0.456. The Bertz CT molecular complexity index is 503. The number of rotatable bonds is 4. The Balaban J connectivity index is 2.10. The molecule has 2 rings (SSSR count). The van der Waals surface area contributed by atoms with Crippen molar-refractivity contribution in [3.05, 3.63) is 39.7 Å². The number of nitro benzene ring substituents is 1. The number of hydrogen-bond acceptors (Lipinski definition) is 3. The van der Waals surface area contributed by atoms with Crippen LogP contribution in [0.2, 0.25) is 0 Å². The van der Waals surface area contributed by atoms with E-state index in [1.54, 1.807) is 0 Å². The van der Waals surface area contributed by atoms with Crippen molar-refractivity contribution >= 4 is 5.69 Å². The summed E-state index contributed by atoms with van der Waals surface area (Å²) >= 11 is 0. The van der Waals surface area contributed by atoms with Gasteiger partial charge in [0.05, 0.1) is 4.92 Å². The number of nitrogens with zero attached hydrogens (tertiary/aromatic N) is 1. The Kier molecular flexibility index (Phi) is 4.38. The molecule has 1 atom stereocenters. The average molecular weight is 280 g/mol. The molecule has 20 heavy (non-hydrogen) atoms. The minimum Gasteiger partial charge on any atom is -0.309 e. The van der Waals surface area contributed by atoms with Gasteiger partial charge in [-0.1, -0.05) is 26.7 Å². The summed E-state index contributed by atoms with van der Waals surface area (Å²) in [6, 6.07) is 3.94. The summed E-state index contributed by atoms with van der Waals surface area (Å²) in [6.07, 6.45) is 4.61. The molecule has 0 spiro atoms. The maximum Gasteiger partial charge on any atom is 0.274 e. The van der Waals surface area contributed by atoms with Gasteiger partial charge in [0.25, 0.3) is 5.69 Å². The Labute approximate surface area is 118 Å². The number of hydrogen-bond donors (Lipinski definition) is 1. The minimum absolute atomic E-state index is 0.0208. The molecule has 1 aromatic carbocycles. The number of nitrogens with one attached hydrogen (secondary N) is 1. The zero-order chi connectivity index (χ0) is 14.8. The molecular formula is C15H21FN2O2. The maximum atomic E-state index is 13.3. The highest BCUT2D eigenvalue weighted by Crippen LogP contribution is 2.35. The molecule has 5 heteroatoms. The van der Waals surface area contributed by atoms with Crippen LogP contribution in [0.25, 0.3) is 0 Å². The van der Waals surface area contributed by atoms with Crippen LogP contribution in [0.1, 0.15) is 45.1 Å². The molecule has 0 aliphatic heterocycles. The molecule has 110 valence electrons. The van der Waals surface area contributed by atoms with E-state index in [1.165, 1.54) is 25.0 Å². The van der Waals surface area contributed by atoms with Gasteiger partial charge in [0.1, 0.15) is 5.82 Å². The third-order valence-electron chi connectivity index (χ3n) is 4.28. The predicted molar refractivity (Wildman–Crippen MR) is 75.9 cm³/mol. The molecule has 4 nitrogen and oxygen atoms in total. The fraction of sp³-hybridized carbons (Fsp3) is 0.600. The zero-order valence-corrected chi connectivity index (χ0v) is 12.0. The first kappa shape index (κ1) is 14.9. The molecule has 0 bridgehead atoms. The standard InChI is InChI=1S/C15H21FN2O2/c1-15(2)8-4-3-5-14(15)17-10-11-9-12(16)6-7-13(11)18(19)20/h6-7,9,14,17H,3-5,8,10H2,1-2H3.